The molecule has 0 bridgehead atoms. The SMILES string of the molecule is CC(C)(C)OC(=O)Nc1ccc(C(=O)[B-](F)(F)F)cc1.[K+]. The van der Waals surface area contributed by atoms with Crippen molar-refractivity contribution in [3.8, 4) is 0 Å². The van der Waals surface area contributed by atoms with E-state index in [-0.39, 0.29) is 57.1 Å². The van der Waals surface area contributed by atoms with E-state index in [0.29, 0.717) is 0 Å². The summed E-state index contributed by atoms with van der Waals surface area (Å²) in [6, 6.07) is 4.42. The zero-order valence-electron chi connectivity index (χ0n) is 12.2. The zero-order valence-corrected chi connectivity index (χ0v) is 15.4. The molecule has 1 amide bonds. The fourth-order valence-electron chi connectivity index (χ4n) is 1.33. The van der Waals surface area contributed by atoms with Gasteiger partial charge in [0.1, 0.15) is 11.3 Å². The van der Waals surface area contributed by atoms with Crippen LogP contribution in [0.1, 0.15) is 31.1 Å². The largest absolute Gasteiger partial charge is 1.00 e. The molecule has 0 aromatic heterocycles. The first-order valence-electron chi connectivity index (χ1n) is 5.83. The number of halogens is 3. The van der Waals surface area contributed by atoms with E-state index >= 15 is 0 Å². The minimum absolute atomic E-state index is 0. The Bertz CT molecular complexity index is 512. The van der Waals surface area contributed by atoms with Gasteiger partial charge in [-0.1, -0.05) is 12.1 Å². The average molecular weight is 327 g/mol. The van der Waals surface area contributed by atoms with Crippen molar-refractivity contribution in [3.05, 3.63) is 29.8 Å². The minimum Gasteiger partial charge on any atom is -0.444 e. The summed E-state index contributed by atoms with van der Waals surface area (Å²) in [6.07, 6.45) is -0.725. The Morgan fingerprint density at radius 3 is 1.95 bits per heavy atom. The molecule has 21 heavy (non-hydrogen) atoms. The summed E-state index contributed by atoms with van der Waals surface area (Å²) < 4.78 is 41.7. The molecule has 4 nitrogen and oxygen atoms in total. The van der Waals surface area contributed by atoms with Crippen LogP contribution in [0.4, 0.5) is 23.4 Å². The van der Waals surface area contributed by atoms with Crippen molar-refractivity contribution in [1.29, 1.82) is 0 Å². The van der Waals surface area contributed by atoms with Crippen LogP contribution in [0.3, 0.4) is 0 Å². The van der Waals surface area contributed by atoms with Gasteiger partial charge < -0.3 is 22.5 Å². The maximum atomic E-state index is 12.3. The summed E-state index contributed by atoms with van der Waals surface area (Å²) in [5.74, 6) is 0. The predicted molar refractivity (Wildman–Crippen MR) is 69.7 cm³/mol. The van der Waals surface area contributed by atoms with Gasteiger partial charge >= 0.3 is 64.5 Å². The normalized spacial score (nSPS) is 11.3. The van der Waals surface area contributed by atoms with E-state index in [9.17, 15) is 22.5 Å². The monoisotopic (exact) mass is 327 g/mol. The Balaban J connectivity index is 0.00000400. The van der Waals surface area contributed by atoms with Crippen LogP contribution in [-0.2, 0) is 4.74 Å². The quantitative estimate of drug-likeness (QED) is 0.828. The molecular formula is C12H14BF3KNO3. The molecule has 0 radical (unpaired) electrons. The van der Waals surface area contributed by atoms with E-state index in [1.807, 2.05) is 0 Å². The second-order valence-electron chi connectivity index (χ2n) is 5.14. The summed E-state index contributed by atoms with van der Waals surface area (Å²) in [5, 5.41) is 2.35. The molecule has 0 fully saturated rings. The van der Waals surface area contributed by atoms with Crippen molar-refractivity contribution in [3.63, 3.8) is 0 Å². The van der Waals surface area contributed by atoms with Gasteiger partial charge in [0.2, 0.25) is 0 Å². The molecule has 1 aromatic carbocycles. The van der Waals surface area contributed by atoms with Gasteiger partial charge in [0.15, 0.2) is 0 Å². The van der Waals surface area contributed by atoms with Crippen LogP contribution in [0, 0.1) is 0 Å². The van der Waals surface area contributed by atoms with Crippen molar-refractivity contribution in [2.24, 2.45) is 0 Å². The Morgan fingerprint density at radius 2 is 1.57 bits per heavy atom. The molecule has 1 rings (SSSR count). The number of anilines is 1. The third kappa shape index (κ3) is 7.46. The van der Waals surface area contributed by atoms with Gasteiger partial charge in [-0.2, -0.15) is 0 Å². The number of amides is 1. The second kappa shape index (κ2) is 7.78. The molecule has 0 saturated carbocycles. The minimum atomic E-state index is -5.55. The molecule has 9 heteroatoms. The molecule has 0 heterocycles. The number of rotatable bonds is 3. The van der Waals surface area contributed by atoms with Crippen LogP contribution in [0.25, 0.3) is 0 Å². The van der Waals surface area contributed by atoms with Crippen LogP contribution in [-0.4, -0.2) is 24.4 Å². The number of hydrogen-bond acceptors (Lipinski definition) is 3. The average Bonchev–Trinajstić information content (AvgIpc) is 2.25. The number of ether oxygens (including phenoxy) is 1. The Hall–Kier alpha value is -0.349. The van der Waals surface area contributed by atoms with Crippen molar-refractivity contribution >= 4 is 24.4 Å². The third-order valence-electron chi connectivity index (χ3n) is 2.11. The van der Waals surface area contributed by atoms with Gasteiger partial charge in [-0.25, -0.2) is 4.79 Å². The predicted octanol–water partition coefficient (Wildman–Crippen LogP) is 0.607. The third-order valence-corrected chi connectivity index (χ3v) is 2.11. The summed E-state index contributed by atoms with van der Waals surface area (Å²) in [5.41, 5.74) is -2.77. The van der Waals surface area contributed by atoms with Crippen LogP contribution in [0.5, 0.6) is 0 Å². The second-order valence-corrected chi connectivity index (χ2v) is 5.14. The van der Waals surface area contributed by atoms with E-state index in [4.69, 9.17) is 4.74 Å². The van der Waals surface area contributed by atoms with Crippen molar-refractivity contribution in [2.45, 2.75) is 26.4 Å². The maximum absolute atomic E-state index is 12.3. The number of hydrogen-bond donors (Lipinski definition) is 1. The molecule has 110 valence electrons. The van der Waals surface area contributed by atoms with Crippen LogP contribution >= 0.6 is 0 Å². The summed E-state index contributed by atoms with van der Waals surface area (Å²) in [6.45, 7) is -0.513. The number of benzene rings is 1. The van der Waals surface area contributed by atoms with Crippen LogP contribution in [0.15, 0.2) is 24.3 Å². The van der Waals surface area contributed by atoms with Gasteiger partial charge in [0, 0.05) is 5.69 Å². The van der Waals surface area contributed by atoms with Crippen molar-refractivity contribution in [2.75, 3.05) is 5.32 Å². The van der Waals surface area contributed by atoms with Crippen LogP contribution < -0.4 is 56.7 Å². The Kier molecular flexibility index (Phi) is 7.65. The smallest absolute Gasteiger partial charge is 0.444 e. The molecule has 0 aliphatic rings. The van der Waals surface area contributed by atoms with Gasteiger partial charge in [-0.3, -0.25) is 5.32 Å². The molecule has 0 aliphatic heterocycles. The van der Waals surface area contributed by atoms with Gasteiger partial charge in [0.05, 0.1) is 0 Å². The molecule has 1 N–H and O–H groups in total. The fraction of sp³-hybridized carbons (Fsp3) is 0.333. The Labute approximate surface area is 163 Å². The van der Waals surface area contributed by atoms with E-state index in [1.54, 1.807) is 20.8 Å². The van der Waals surface area contributed by atoms with E-state index in [0.717, 1.165) is 12.1 Å². The van der Waals surface area contributed by atoms with Crippen LogP contribution in [0.2, 0.25) is 0 Å². The molecule has 0 aliphatic carbocycles. The van der Waals surface area contributed by atoms with Crippen molar-refractivity contribution < 1.29 is 78.7 Å². The molecule has 0 spiro atoms. The first-order valence-corrected chi connectivity index (χ1v) is 5.83. The Morgan fingerprint density at radius 1 is 1.10 bits per heavy atom. The van der Waals surface area contributed by atoms with E-state index in [1.165, 1.54) is 12.1 Å². The zero-order chi connectivity index (χ0) is 15.6. The number of nitrogens with one attached hydrogen (secondary N) is 1. The number of carbonyl (C=O) groups excluding carboxylic acids is 2. The summed E-state index contributed by atoms with van der Waals surface area (Å²) in [7, 11) is 0. The van der Waals surface area contributed by atoms with Gasteiger partial charge in [-0.15, -0.1) is 0 Å². The first-order chi connectivity index (χ1) is 8.99. The fourth-order valence-corrected chi connectivity index (χ4v) is 1.33. The number of carbonyl (C=O) groups is 2. The standard InChI is InChI=1S/C12H14BF3NO3.K/c1-12(2,3)20-11(19)17-9-6-4-8(5-7-9)10(18)13(14,15)16;/h4-7H,1-3H3,(H,17,19);/q-1;+1. The maximum Gasteiger partial charge on any atom is 1.00 e. The summed E-state index contributed by atoms with van der Waals surface area (Å²) in [4.78, 5) is 22.4. The first kappa shape index (κ1) is 20.7. The van der Waals surface area contributed by atoms with Gasteiger partial charge in [-0.05, 0) is 38.5 Å². The van der Waals surface area contributed by atoms with E-state index in [2.05, 4.69) is 5.32 Å². The summed E-state index contributed by atoms with van der Waals surface area (Å²) >= 11 is 0. The molecule has 0 saturated heterocycles. The topological polar surface area (TPSA) is 55.4 Å². The molecule has 0 atom stereocenters. The van der Waals surface area contributed by atoms with Gasteiger partial charge in [0.25, 0.3) is 0 Å². The molecule has 1 aromatic rings. The van der Waals surface area contributed by atoms with E-state index < -0.39 is 29.9 Å². The molecule has 0 unspecified atom stereocenters. The van der Waals surface area contributed by atoms with Crippen molar-refractivity contribution in [1.82, 2.24) is 0 Å². The molecular weight excluding hydrogens is 313 g/mol.